The molecule has 0 heterocycles. The lowest BCUT2D eigenvalue weighted by molar-refractivity contribution is 0.498. The second kappa shape index (κ2) is 5.94. The summed E-state index contributed by atoms with van der Waals surface area (Å²) in [5.74, 6) is 1.14. The number of benzene rings is 1. The minimum absolute atomic E-state index is 0.266. The minimum atomic E-state index is -3.48. The minimum Gasteiger partial charge on any atom is -0.211 e. The molecule has 108 valence electrons. The van der Waals surface area contributed by atoms with Gasteiger partial charge in [0.2, 0.25) is 10.0 Å². The maximum atomic E-state index is 12.3. The lowest BCUT2D eigenvalue weighted by Crippen LogP contribution is -2.29. The molecule has 0 amide bonds. The fourth-order valence-electron chi connectivity index (χ4n) is 2.84. The van der Waals surface area contributed by atoms with Crippen molar-refractivity contribution in [2.45, 2.75) is 38.0 Å². The monoisotopic (exact) mass is 292 g/mol. The van der Waals surface area contributed by atoms with Crippen molar-refractivity contribution < 1.29 is 8.42 Å². The number of hydrogen-bond acceptors (Lipinski definition) is 3. The molecule has 2 unspecified atom stereocenters. The van der Waals surface area contributed by atoms with Crippen LogP contribution in [0.4, 0.5) is 0 Å². The van der Waals surface area contributed by atoms with E-state index in [-0.39, 0.29) is 4.90 Å². The molecule has 0 aromatic heterocycles. The van der Waals surface area contributed by atoms with E-state index in [9.17, 15) is 8.42 Å². The van der Waals surface area contributed by atoms with Crippen LogP contribution in [-0.2, 0) is 10.0 Å². The van der Waals surface area contributed by atoms with Gasteiger partial charge in [-0.15, -0.1) is 0 Å². The Bertz CT molecular complexity index is 632. The van der Waals surface area contributed by atoms with E-state index in [4.69, 9.17) is 5.26 Å². The van der Waals surface area contributed by atoms with Crippen LogP contribution in [0, 0.1) is 30.1 Å². The lowest BCUT2D eigenvalue weighted by atomic mass is 10.1. The highest BCUT2D eigenvalue weighted by Gasteiger charge is 2.24. The summed E-state index contributed by atoms with van der Waals surface area (Å²) in [4.78, 5) is 0.266. The van der Waals surface area contributed by atoms with Crippen molar-refractivity contribution in [1.29, 1.82) is 5.26 Å². The highest BCUT2D eigenvalue weighted by atomic mass is 32.2. The molecule has 1 aliphatic carbocycles. The third-order valence-corrected chi connectivity index (χ3v) is 5.54. The van der Waals surface area contributed by atoms with E-state index in [2.05, 4.69) is 11.6 Å². The summed E-state index contributed by atoms with van der Waals surface area (Å²) in [5.41, 5.74) is 1.09. The van der Waals surface area contributed by atoms with E-state index >= 15 is 0 Å². The van der Waals surface area contributed by atoms with Gasteiger partial charge in [0, 0.05) is 6.54 Å². The Kier molecular flexibility index (Phi) is 4.46. The Morgan fingerprint density at radius 2 is 2.15 bits per heavy atom. The zero-order chi connectivity index (χ0) is 14.8. The first kappa shape index (κ1) is 15.0. The first-order valence-electron chi connectivity index (χ1n) is 6.93. The predicted molar refractivity (Wildman–Crippen MR) is 77.6 cm³/mol. The normalized spacial score (nSPS) is 22.6. The zero-order valence-electron chi connectivity index (χ0n) is 11.9. The van der Waals surface area contributed by atoms with Gasteiger partial charge >= 0.3 is 0 Å². The van der Waals surface area contributed by atoms with Gasteiger partial charge in [-0.05, 0) is 55.4 Å². The van der Waals surface area contributed by atoms with Gasteiger partial charge in [0.1, 0.15) is 0 Å². The van der Waals surface area contributed by atoms with E-state index in [1.165, 1.54) is 12.5 Å². The number of nitrogens with zero attached hydrogens (tertiary/aromatic N) is 1. The number of hydrogen-bond donors (Lipinski definition) is 1. The van der Waals surface area contributed by atoms with Crippen molar-refractivity contribution in [3.8, 4) is 6.07 Å². The smallest absolute Gasteiger partial charge is 0.211 e. The Morgan fingerprint density at radius 3 is 2.70 bits per heavy atom. The van der Waals surface area contributed by atoms with Crippen molar-refractivity contribution >= 4 is 10.0 Å². The third kappa shape index (κ3) is 3.38. The van der Waals surface area contributed by atoms with Crippen molar-refractivity contribution in [2.24, 2.45) is 11.8 Å². The van der Waals surface area contributed by atoms with Crippen LogP contribution in [0.5, 0.6) is 0 Å². The van der Waals surface area contributed by atoms with Crippen molar-refractivity contribution in [3.63, 3.8) is 0 Å². The third-order valence-electron chi connectivity index (χ3n) is 3.96. The summed E-state index contributed by atoms with van der Waals surface area (Å²) >= 11 is 0. The van der Waals surface area contributed by atoms with E-state index < -0.39 is 10.0 Å². The topological polar surface area (TPSA) is 70.0 Å². The Morgan fingerprint density at radius 1 is 1.40 bits per heavy atom. The van der Waals surface area contributed by atoms with Crippen LogP contribution in [-0.4, -0.2) is 15.0 Å². The van der Waals surface area contributed by atoms with E-state index in [1.54, 1.807) is 19.1 Å². The zero-order valence-corrected chi connectivity index (χ0v) is 12.7. The molecule has 0 spiro atoms. The second-order valence-electron chi connectivity index (χ2n) is 5.73. The molecule has 20 heavy (non-hydrogen) atoms. The maximum Gasteiger partial charge on any atom is 0.240 e. The SMILES string of the molecule is Cc1cc(C#N)ccc1S(=O)(=O)NCC1CCC(C)C1. The standard InChI is InChI=1S/C15H20N2O2S/c1-11-3-4-14(7-11)10-17-20(18,19)15-6-5-13(9-16)8-12(15)2/h5-6,8,11,14,17H,3-4,7,10H2,1-2H3. The molecule has 1 saturated carbocycles. The van der Waals surface area contributed by atoms with Crippen LogP contribution < -0.4 is 4.72 Å². The van der Waals surface area contributed by atoms with Gasteiger partial charge in [-0.1, -0.05) is 13.3 Å². The average molecular weight is 292 g/mol. The van der Waals surface area contributed by atoms with Crippen LogP contribution in [0.1, 0.15) is 37.3 Å². The molecule has 0 saturated heterocycles. The molecule has 0 radical (unpaired) electrons. The molecule has 1 aliphatic rings. The lowest BCUT2D eigenvalue weighted by Gasteiger charge is -2.13. The van der Waals surface area contributed by atoms with E-state index in [0.717, 1.165) is 12.8 Å². The quantitative estimate of drug-likeness (QED) is 0.927. The molecule has 1 N–H and O–H groups in total. The molecule has 1 aromatic carbocycles. The van der Waals surface area contributed by atoms with Crippen LogP contribution >= 0.6 is 0 Å². The summed E-state index contributed by atoms with van der Waals surface area (Å²) < 4.78 is 27.3. The average Bonchev–Trinajstić information content (AvgIpc) is 2.82. The Balaban J connectivity index is 2.09. The van der Waals surface area contributed by atoms with Crippen LogP contribution in [0.3, 0.4) is 0 Å². The number of aryl methyl sites for hydroxylation is 1. The first-order chi connectivity index (χ1) is 9.42. The van der Waals surface area contributed by atoms with Gasteiger partial charge in [-0.25, -0.2) is 13.1 Å². The fraction of sp³-hybridized carbons (Fsp3) is 0.533. The summed E-state index contributed by atoms with van der Waals surface area (Å²) in [5, 5.41) is 8.81. The fourth-order valence-corrected chi connectivity index (χ4v) is 4.18. The molecule has 2 atom stereocenters. The molecular formula is C15H20N2O2S. The number of nitriles is 1. The van der Waals surface area contributed by atoms with Gasteiger partial charge in [-0.3, -0.25) is 0 Å². The largest absolute Gasteiger partial charge is 0.240 e. The molecule has 2 rings (SSSR count). The molecule has 1 aromatic rings. The van der Waals surface area contributed by atoms with Gasteiger partial charge in [0.25, 0.3) is 0 Å². The molecule has 0 bridgehead atoms. The summed E-state index contributed by atoms with van der Waals surface area (Å²) in [6.45, 7) is 4.43. The molecule has 1 fully saturated rings. The highest BCUT2D eigenvalue weighted by molar-refractivity contribution is 7.89. The number of rotatable bonds is 4. The molecule has 4 nitrogen and oxygen atoms in total. The van der Waals surface area contributed by atoms with Crippen molar-refractivity contribution in [3.05, 3.63) is 29.3 Å². The van der Waals surface area contributed by atoms with E-state index in [0.29, 0.717) is 29.5 Å². The summed E-state index contributed by atoms with van der Waals surface area (Å²) in [7, 11) is -3.48. The van der Waals surface area contributed by atoms with Crippen LogP contribution in [0.15, 0.2) is 23.1 Å². The highest BCUT2D eigenvalue weighted by Crippen LogP contribution is 2.30. The van der Waals surface area contributed by atoms with E-state index in [1.807, 2.05) is 6.07 Å². The Labute approximate surface area is 120 Å². The number of nitrogens with one attached hydrogen (secondary N) is 1. The second-order valence-corrected chi connectivity index (χ2v) is 7.46. The summed E-state index contributed by atoms with van der Waals surface area (Å²) in [6, 6.07) is 6.66. The Hall–Kier alpha value is -1.38. The maximum absolute atomic E-state index is 12.3. The predicted octanol–water partition coefficient (Wildman–Crippen LogP) is 2.58. The van der Waals surface area contributed by atoms with Crippen molar-refractivity contribution in [2.75, 3.05) is 6.54 Å². The van der Waals surface area contributed by atoms with Crippen LogP contribution in [0.2, 0.25) is 0 Å². The molecule has 5 heteroatoms. The first-order valence-corrected chi connectivity index (χ1v) is 8.41. The van der Waals surface area contributed by atoms with Gasteiger partial charge in [0.15, 0.2) is 0 Å². The number of sulfonamides is 1. The summed E-state index contributed by atoms with van der Waals surface area (Å²) in [6.07, 6.45) is 3.37. The van der Waals surface area contributed by atoms with Gasteiger partial charge in [-0.2, -0.15) is 5.26 Å². The van der Waals surface area contributed by atoms with Crippen molar-refractivity contribution in [1.82, 2.24) is 4.72 Å². The van der Waals surface area contributed by atoms with Crippen LogP contribution in [0.25, 0.3) is 0 Å². The van der Waals surface area contributed by atoms with Gasteiger partial charge < -0.3 is 0 Å². The molecule has 0 aliphatic heterocycles. The van der Waals surface area contributed by atoms with Gasteiger partial charge in [0.05, 0.1) is 16.5 Å². The molecular weight excluding hydrogens is 272 g/mol.